The molecule has 0 unspecified atom stereocenters. The summed E-state index contributed by atoms with van der Waals surface area (Å²) in [5.74, 6) is -1.22. The first-order chi connectivity index (χ1) is 13.3. The molecule has 0 bridgehead atoms. The fraction of sp³-hybridized carbons (Fsp3) is 0.381. The van der Waals surface area contributed by atoms with E-state index in [1.165, 1.54) is 23.8 Å². The van der Waals surface area contributed by atoms with Gasteiger partial charge in [0.25, 0.3) is 5.91 Å². The monoisotopic (exact) mass is 402 g/mol. The highest BCUT2D eigenvalue weighted by Crippen LogP contribution is 2.32. The van der Waals surface area contributed by atoms with E-state index in [-0.39, 0.29) is 24.5 Å². The van der Waals surface area contributed by atoms with E-state index in [2.05, 4.69) is 10.6 Å². The van der Waals surface area contributed by atoms with Crippen molar-refractivity contribution in [2.45, 2.75) is 46.6 Å². The first-order valence-electron chi connectivity index (χ1n) is 9.16. The molecular formula is C21H26N2O4S. The normalized spacial score (nSPS) is 11.6. The number of hydrogen-bond acceptors (Lipinski definition) is 5. The van der Waals surface area contributed by atoms with Crippen LogP contribution in [-0.4, -0.2) is 30.4 Å². The minimum atomic E-state index is -0.613. The Labute approximate surface area is 169 Å². The van der Waals surface area contributed by atoms with Crippen LogP contribution >= 0.6 is 11.3 Å². The molecule has 2 aromatic rings. The summed E-state index contributed by atoms with van der Waals surface area (Å²) in [6.07, 6.45) is 1.65. The summed E-state index contributed by atoms with van der Waals surface area (Å²) >= 11 is 1.31. The highest BCUT2D eigenvalue weighted by Gasteiger charge is 2.22. The lowest BCUT2D eigenvalue weighted by molar-refractivity contribution is -0.124. The number of esters is 1. The van der Waals surface area contributed by atoms with Crippen molar-refractivity contribution in [3.63, 3.8) is 0 Å². The predicted molar refractivity (Wildman–Crippen MR) is 111 cm³/mol. The van der Waals surface area contributed by atoms with Gasteiger partial charge in [0.2, 0.25) is 5.91 Å². The highest BCUT2D eigenvalue weighted by molar-refractivity contribution is 7.16. The van der Waals surface area contributed by atoms with E-state index in [0.717, 1.165) is 23.3 Å². The molecule has 0 saturated heterocycles. The number of amides is 2. The summed E-state index contributed by atoms with van der Waals surface area (Å²) in [4.78, 5) is 36.8. The van der Waals surface area contributed by atoms with Crippen molar-refractivity contribution in [2.24, 2.45) is 0 Å². The summed E-state index contributed by atoms with van der Waals surface area (Å²) in [5, 5.41) is 5.93. The first-order valence-corrected chi connectivity index (χ1v) is 9.97. The first kappa shape index (κ1) is 21.6. The van der Waals surface area contributed by atoms with Crippen LogP contribution in [0.5, 0.6) is 0 Å². The highest BCUT2D eigenvalue weighted by atomic mass is 32.1. The zero-order valence-electron chi connectivity index (χ0n) is 16.6. The Morgan fingerprint density at radius 2 is 1.82 bits per heavy atom. The van der Waals surface area contributed by atoms with Crippen molar-refractivity contribution < 1.29 is 19.1 Å². The second kappa shape index (κ2) is 10.0. The maximum absolute atomic E-state index is 12.4. The minimum Gasteiger partial charge on any atom is -0.452 e. The lowest BCUT2D eigenvalue weighted by Crippen LogP contribution is -2.36. The van der Waals surface area contributed by atoms with Crippen molar-refractivity contribution in [3.8, 4) is 0 Å². The number of rotatable bonds is 8. The average Bonchev–Trinajstić information content (AvgIpc) is 2.92. The van der Waals surface area contributed by atoms with Crippen molar-refractivity contribution >= 4 is 34.1 Å². The van der Waals surface area contributed by atoms with Gasteiger partial charge in [-0.05, 0) is 44.7 Å². The van der Waals surface area contributed by atoms with Crippen LogP contribution in [0.3, 0.4) is 0 Å². The van der Waals surface area contributed by atoms with Gasteiger partial charge in [0.1, 0.15) is 5.00 Å². The zero-order valence-corrected chi connectivity index (χ0v) is 17.4. The molecule has 2 amide bonds. The zero-order chi connectivity index (χ0) is 20.7. The van der Waals surface area contributed by atoms with Crippen LogP contribution in [0.25, 0.3) is 0 Å². The Morgan fingerprint density at radius 1 is 1.14 bits per heavy atom. The number of thiophene rings is 1. The SMILES string of the molecule is CC(=O)Nc1sc(C)c(C)c1C(=O)OCC(=O)N[C@H](C)CCc1ccccc1. The summed E-state index contributed by atoms with van der Waals surface area (Å²) in [6, 6.07) is 10.0. The Kier molecular flexibility index (Phi) is 7.75. The summed E-state index contributed by atoms with van der Waals surface area (Å²) < 4.78 is 5.17. The number of aryl methyl sites for hydroxylation is 2. The smallest absolute Gasteiger partial charge is 0.341 e. The average molecular weight is 403 g/mol. The molecule has 1 aromatic heterocycles. The van der Waals surface area contributed by atoms with Gasteiger partial charge in [0.15, 0.2) is 6.61 Å². The summed E-state index contributed by atoms with van der Waals surface area (Å²) in [5.41, 5.74) is 2.27. The van der Waals surface area contributed by atoms with Gasteiger partial charge in [-0.1, -0.05) is 30.3 Å². The Morgan fingerprint density at radius 3 is 2.46 bits per heavy atom. The molecule has 150 valence electrons. The number of carbonyl (C=O) groups excluding carboxylic acids is 3. The van der Waals surface area contributed by atoms with Gasteiger partial charge in [-0.3, -0.25) is 9.59 Å². The van der Waals surface area contributed by atoms with E-state index in [4.69, 9.17) is 4.74 Å². The van der Waals surface area contributed by atoms with E-state index in [1.54, 1.807) is 6.92 Å². The van der Waals surface area contributed by atoms with Crippen molar-refractivity contribution in [3.05, 3.63) is 51.9 Å². The van der Waals surface area contributed by atoms with Crippen LogP contribution in [0.4, 0.5) is 5.00 Å². The van der Waals surface area contributed by atoms with Gasteiger partial charge in [-0.15, -0.1) is 11.3 Å². The standard InChI is InChI=1S/C21H26N2O4S/c1-13(10-11-17-8-6-5-7-9-17)22-18(25)12-27-21(26)19-14(2)15(3)28-20(19)23-16(4)24/h5-9,13H,10-12H2,1-4H3,(H,22,25)(H,23,24)/t13-/m1/s1. The molecule has 6 nitrogen and oxygen atoms in total. The third kappa shape index (κ3) is 6.20. The molecule has 0 aliphatic rings. The molecule has 0 fully saturated rings. The van der Waals surface area contributed by atoms with E-state index in [9.17, 15) is 14.4 Å². The topological polar surface area (TPSA) is 84.5 Å². The van der Waals surface area contributed by atoms with Crippen LogP contribution < -0.4 is 10.6 Å². The van der Waals surface area contributed by atoms with Crippen LogP contribution in [0.2, 0.25) is 0 Å². The Hall–Kier alpha value is -2.67. The molecule has 0 radical (unpaired) electrons. The molecule has 7 heteroatoms. The third-order valence-electron chi connectivity index (χ3n) is 4.33. The van der Waals surface area contributed by atoms with E-state index >= 15 is 0 Å². The van der Waals surface area contributed by atoms with Gasteiger partial charge in [-0.25, -0.2) is 4.79 Å². The van der Waals surface area contributed by atoms with E-state index < -0.39 is 5.97 Å². The fourth-order valence-corrected chi connectivity index (χ4v) is 3.84. The molecule has 0 spiro atoms. The molecule has 1 atom stereocenters. The Balaban J connectivity index is 1.85. The summed E-state index contributed by atoms with van der Waals surface area (Å²) in [7, 11) is 0. The van der Waals surface area contributed by atoms with Gasteiger partial charge < -0.3 is 15.4 Å². The number of ether oxygens (including phenoxy) is 1. The van der Waals surface area contributed by atoms with Crippen molar-refractivity contribution in [1.29, 1.82) is 0 Å². The maximum atomic E-state index is 12.4. The van der Waals surface area contributed by atoms with Gasteiger partial charge >= 0.3 is 5.97 Å². The molecule has 2 rings (SSSR count). The second-order valence-corrected chi connectivity index (χ2v) is 7.96. The number of nitrogens with one attached hydrogen (secondary N) is 2. The molecule has 28 heavy (non-hydrogen) atoms. The van der Waals surface area contributed by atoms with Crippen molar-refractivity contribution in [2.75, 3.05) is 11.9 Å². The van der Waals surface area contributed by atoms with Crippen LogP contribution in [0.15, 0.2) is 30.3 Å². The lowest BCUT2D eigenvalue weighted by Gasteiger charge is -2.14. The lowest BCUT2D eigenvalue weighted by atomic mass is 10.1. The van der Waals surface area contributed by atoms with E-state index in [1.807, 2.05) is 44.2 Å². The number of hydrogen-bond donors (Lipinski definition) is 2. The Bertz CT molecular complexity index is 846. The second-order valence-electron chi connectivity index (χ2n) is 6.74. The van der Waals surface area contributed by atoms with Gasteiger partial charge in [0, 0.05) is 17.8 Å². The number of benzene rings is 1. The van der Waals surface area contributed by atoms with Crippen LogP contribution in [-0.2, 0) is 20.7 Å². The fourth-order valence-electron chi connectivity index (χ4n) is 2.74. The number of carbonyl (C=O) groups is 3. The van der Waals surface area contributed by atoms with E-state index in [0.29, 0.717) is 10.6 Å². The van der Waals surface area contributed by atoms with Crippen molar-refractivity contribution in [1.82, 2.24) is 5.32 Å². The van der Waals surface area contributed by atoms with Gasteiger partial charge in [-0.2, -0.15) is 0 Å². The minimum absolute atomic E-state index is 0.0357. The van der Waals surface area contributed by atoms with Crippen LogP contribution in [0, 0.1) is 13.8 Å². The molecule has 1 aromatic carbocycles. The molecule has 2 N–H and O–H groups in total. The summed E-state index contributed by atoms with van der Waals surface area (Å²) in [6.45, 7) is 6.60. The molecule has 0 saturated carbocycles. The third-order valence-corrected chi connectivity index (χ3v) is 5.45. The molecular weight excluding hydrogens is 376 g/mol. The quantitative estimate of drug-likeness (QED) is 0.661. The number of anilines is 1. The molecule has 0 aliphatic carbocycles. The maximum Gasteiger partial charge on any atom is 0.341 e. The molecule has 0 aliphatic heterocycles. The largest absolute Gasteiger partial charge is 0.452 e. The molecule has 1 heterocycles. The van der Waals surface area contributed by atoms with Gasteiger partial charge in [0.05, 0.1) is 5.56 Å². The predicted octanol–water partition coefficient (Wildman–Crippen LogP) is 3.62. The van der Waals surface area contributed by atoms with Crippen LogP contribution in [0.1, 0.15) is 46.6 Å².